The first-order chi connectivity index (χ1) is 48.1. The fraction of sp³-hybridized carbons (Fsp3) is 0.581. The molecule has 16 heteroatoms. The molecule has 582 valence electrons. The van der Waals surface area contributed by atoms with Crippen LogP contribution in [0.5, 0.6) is 23.0 Å². The molecule has 0 amide bonds. The average Bonchev–Trinajstić information content (AvgIpc) is 0.856. The van der Waals surface area contributed by atoms with Crippen molar-refractivity contribution in [2.45, 2.75) is 291 Å². The van der Waals surface area contributed by atoms with Gasteiger partial charge in [-0.05, 0) is 115 Å². The summed E-state index contributed by atoms with van der Waals surface area (Å²) in [6, 6.07) is 48.2. The molecule has 6 rings (SSSR count). The molecule has 0 saturated heterocycles. The summed E-state index contributed by atoms with van der Waals surface area (Å²) in [5.74, 6) is 3.77. The number of para-hydroxylation sites is 1. The third kappa shape index (κ3) is 62.5. The maximum absolute atomic E-state index is 13.0. The third-order valence-electron chi connectivity index (χ3n) is 14.1. The van der Waals surface area contributed by atoms with Crippen molar-refractivity contribution in [1.29, 1.82) is 0 Å². The Kier molecular flexibility index (Phi) is 62.3. The van der Waals surface area contributed by atoms with Crippen molar-refractivity contribution in [3.05, 3.63) is 190 Å². The van der Waals surface area contributed by atoms with Gasteiger partial charge >= 0.3 is 0 Å². The summed E-state index contributed by atoms with van der Waals surface area (Å²) in [5, 5.41) is 29.8. The van der Waals surface area contributed by atoms with Crippen molar-refractivity contribution < 1.29 is 32.1 Å². The molecule has 1 unspecified atom stereocenters. The number of benzene rings is 6. The molecule has 0 saturated carbocycles. The van der Waals surface area contributed by atoms with Crippen LogP contribution in [0.1, 0.15) is 219 Å². The Hall–Kier alpha value is -6.05. The summed E-state index contributed by atoms with van der Waals surface area (Å²) >= 11 is 0. The summed E-state index contributed by atoms with van der Waals surface area (Å²) in [7, 11) is 6.69. The summed E-state index contributed by atoms with van der Waals surface area (Å²) in [6.07, 6.45) is 3.86. The lowest BCUT2D eigenvalue weighted by atomic mass is 10.1. The van der Waals surface area contributed by atoms with Gasteiger partial charge in [0.15, 0.2) is 11.5 Å². The van der Waals surface area contributed by atoms with E-state index >= 15 is 0 Å². The van der Waals surface area contributed by atoms with E-state index in [0.717, 1.165) is 90.4 Å². The lowest BCUT2D eigenvalue weighted by Gasteiger charge is -2.15. The van der Waals surface area contributed by atoms with E-state index in [0.29, 0.717) is 73.0 Å². The molecule has 0 aromatic heterocycles. The number of hydrogen-bond donors (Lipinski definition) is 9. The quantitative estimate of drug-likeness (QED) is 0.0198. The van der Waals surface area contributed by atoms with Gasteiger partial charge in [-0.25, -0.2) is 13.2 Å². The van der Waals surface area contributed by atoms with Gasteiger partial charge < -0.3 is 66.8 Å². The first-order valence-electron chi connectivity index (χ1n) is 37.4. The third-order valence-corrected chi connectivity index (χ3v) is 14.1. The minimum absolute atomic E-state index is 0.134. The molecule has 0 aliphatic heterocycles. The van der Waals surface area contributed by atoms with Crippen molar-refractivity contribution in [3.8, 4) is 23.0 Å². The van der Waals surface area contributed by atoms with Crippen molar-refractivity contribution in [1.82, 2.24) is 47.9 Å². The smallest absolute Gasteiger partial charge is 0.165 e. The molecule has 0 radical (unpaired) electrons. The van der Waals surface area contributed by atoms with Gasteiger partial charge in [-0.3, -0.25) is 0 Å². The standard InChI is InChI=1S/C12H19NO2.2C11H17NO.3C10H14FN.2C8H19N.C6H15N/c1-9(2)13-8-10-6-5-7-11(14-3)12(10)15-4;1-9(2)12-8-10-4-6-11(13-3)7-5-10;1-9(2)12-8-10-5-4-6-11(7-10)13-3;1-8(2)12-7-9-3-5-10(11)6-4-9;1-8(2)12-7-9-4-3-5-10(11)6-9;1-8(2)12-7-9-5-3-4-6-10(9)11;1-7(2)5-6-9-8(3)4;1-5-6-8(4)9-7(2)3;1-5(2)7-6(3)4/h5-7,9,13H,8H2,1-4H3;2*4-7,9,12H,8H2,1-3H3;3*3-6,8,12H,7H2,1-2H3;2*7-9H,5-6H2,1-4H3;5-7H,1-4H3. The van der Waals surface area contributed by atoms with E-state index in [4.69, 9.17) is 18.9 Å². The molecule has 9 N–H and O–H groups in total. The Morgan fingerprint density at radius 2 is 0.716 bits per heavy atom. The zero-order valence-corrected chi connectivity index (χ0v) is 69.0. The van der Waals surface area contributed by atoms with E-state index in [1.807, 2.05) is 68.4 Å². The van der Waals surface area contributed by atoms with Crippen LogP contribution in [0.2, 0.25) is 0 Å². The lowest BCUT2D eigenvalue weighted by molar-refractivity contribution is 0.350. The highest BCUT2D eigenvalue weighted by Gasteiger charge is 2.10. The molecule has 13 nitrogen and oxygen atoms in total. The Balaban J connectivity index is -0.00000109. The molecule has 6 aromatic carbocycles. The SMILES string of the molecule is CC(C)CCNC(C)C.CC(C)NC(C)C.CC(C)NCc1ccc(F)cc1.CC(C)NCc1cccc(F)c1.CC(C)NCc1ccccc1F.CCCC(C)NC(C)C.COc1ccc(CNC(C)C)cc1.COc1cccc(CNC(C)C)c1.COc1cccc(CNC(C)C)c1OC. The van der Waals surface area contributed by atoms with Crippen molar-refractivity contribution in [2.24, 2.45) is 5.92 Å². The highest BCUT2D eigenvalue weighted by atomic mass is 19.1. The maximum atomic E-state index is 13.0. The van der Waals surface area contributed by atoms with Gasteiger partial charge in [0.05, 0.1) is 28.4 Å². The molecular formula is C86H148F3N9O4. The Morgan fingerprint density at radius 3 is 1.11 bits per heavy atom. The van der Waals surface area contributed by atoms with Crippen LogP contribution in [0, 0.1) is 23.4 Å². The predicted molar refractivity (Wildman–Crippen MR) is 435 cm³/mol. The van der Waals surface area contributed by atoms with Gasteiger partial charge in [-0.1, -0.05) is 245 Å². The zero-order chi connectivity index (χ0) is 78.0. The van der Waals surface area contributed by atoms with Crippen LogP contribution in [0.3, 0.4) is 0 Å². The first-order valence-corrected chi connectivity index (χ1v) is 37.4. The van der Waals surface area contributed by atoms with E-state index in [9.17, 15) is 13.2 Å². The topological polar surface area (TPSA) is 145 Å². The second kappa shape index (κ2) is 63.4. The van der Waals surface area contributed by atoms with Crippen LogP contribution in [0.25, 0.3) is 0 Å². The zero-order valence-electron chi connectivity index (χ0n) is 69.0. The lowest BCUT2D eigenvalue weighted by Crippen LogP contribution is -2.31. The normalized spacial score (nSPS) is 11.0. The molecule has 0 heterocycles. The largest absolute Gasteiger partial charge is 0.497 e. The van der Waals surface area contributed by atoms with E-state index in [1.54, 1.807) is 64.8 Å². The highest BCUT2D eigenvalue weighted by molar-refractivity contribution is 5.46. The Bertz CT molecular complexity index is 2840. The van der Waals surface area contributed by atoms with Gasteiger partial charge in [0.1, 0.15) is 29.0 Å². The minimum atomic E-state index is -0.178. The number of hydrogen-bond acceptors (Lipinski definition) is 13. The van der Waals surface area contributed by atoms with Gasteiger partial charge in [0, 0.05) is 117 Å². The summed E-state index contributed by atoms with van der Waals surface area (Å²) in [4.78, 5) is 0. The first kappa shape index (κ1) is 100. The molecule has 6 aromatic rings. The van der Waals surface area contributed by atoms with Crippen LogP contribution in [-0.4, -0.2) is 101 Å². The number of halogens is 3. The van der Waals surface area contributed by atoms with Crippen molar-refractivity contribution >= 4 is 0 Å². The number of nitrogens with one attached hydrogen (secondary N) is 9. The fourth-order valence-corrected chi connectivity index (χ4v) is 8.84. The van der Waals surface area contributed by atoms with Crippen LogP contribution in [0.15, 0.2) is 140 Å². The molecule has 1 atom stereocenters. The van der Waals surface area contributed by atoms with E-state index in [-0.39, 0.29) is 17.5 Å². The van der Waals surface area contributed by atoms with Crippen LogP contribution < -0.4 is 66.8 Å². The number of ether oxygens (including phenoxy) is 4. The van der Waals surface area contributed by atoms with Gasteiger partial charge in [0.2, 0.25) is 0 Å². The second-order valence-corrected chi connectivity index (χ2v) is 28.7. The van der Waals surface area contributed by atoms with E-state index in [2.05, 4.69) is 224 Å². The van der Waals surface area contributed by atoms with Gasteiger partial charge in [-0.15, -0.1) is 0 Å². The average molecular weight is 1430 g/mol. The van der Waals surface area contributed by atoms with Crippen LogP contribution in [0.4, 0.5) is 13.2 Å². The van der Waals surface area contributed by atoms with Crippen molar-refractivity contribution in [3.63, 3.8) is 0 Å². The van der Waals surface area contributed by atoms with Crippen LogP contribution in [-0.2, 0) is 39.3 Å². The maximum Gasteiger partial charge on any atom is 0.165 e. The fourth-order valence-electron chi connectivity index (χ4n) is 8.84. The van der Waals surface area contributed by atoms with Gasteiger partial charge in [-0.2, -0.15) is 0 Å². The minimum Gasteiger partial charge on any atom is -0.497 e. The van der Waals surface area contributed by atoms with E-state index < -0.39 is 0 Å². The van der Waals surface area contributed by atoms with Crippen LogP contribution >= 0.6 is 0 Å². The number of methoxy groups -OCH3 is 4. The molecule has 0 bridgehead atoms. The molecule has 0 aliphatic rings. The summed E-state index contributed by atoms with van der Waals surface area (Å²) in [5.41, 5.74) is 6.49. The summed E-state index contributed by atoms with van der Waals surface area (Å²) in [6.45, 7) is 57.4. The highest BCUT2D eigenvalue weighted by Crippen LogP contribution is 2.30. The molecule has 0 spiro atoms. The second-order valence-electron chi connectivity index (χ2n) is 28.7. The molecular weight excluding hydrogens is 1280 g/mol. The van der Waals surface area contributed by atoms with E-state index in [1.165, 1.54) is 54.7 Å². The summed E-state index contributed by atoms with van der Waals surface area (Å²) < 4.78 is 58.9. The van der Waals surface area contributed by atoms with Gasteiger partial charge in [0.25, 0.3) is 0 Å². The molecule has 0 aliphatic carbocycles. The monoisotopic (exact) mass is 1430 g/mol. The Labute approximate surface area is 622 Å². The molecule has 0 fully saturated rings. The number of rotatable bonds is 32. The Morgan fingerprint density at radius 1 is 0.314 bits per heavy atom. The predicted octanol–water partition coefficient (Wildman–Crippen LogP) is 19.2. The van der Waals surface area contributed by atoms with Crippen molar-refractivity contribution in [2.75, 3.05) is 35.0 Å². The molecule has 102 heavy (non-hydrogen) atoms.